The van der Waals surface area contributed by atoms with Gasteiger partial charge in [0.05, 0.1) is 19.1 Å². The summed E-state index contributed by atoms with van der Waals surface area (Å²) >= 11 is 2.29. The molecule has 1 aromatic heterocycles. The van der Waals surface area contributed by atoms with Gasteiger partial charge in [0.15, 0.2) is 0 Å². The number of hydrogen-bond donors (Lipinski definition) is 1. The summed E-state index contributed by atoms with van der Waals surface area (Å²) < 4.78 is 20.0. The summed E-state index contributed by atoms with van der Waals surface area (Å²) in [6.07, 6.45) is 9.23. The molecule has 0 radical (unpaired) electrons. The number of aryl methyl sites for hydroxylation is 1. The van der Waals surface area contributed by atoms with Gasteiger partial charge < -0.3 is 19.5 Å². The van der Waals surface area contributed by atoms with E-state index >= 15 is 0 Å². The van der Waals surface area contributed by atoms with E-state index in [1.807, 2.05) is 19.2 Å². The number of aromatic nitrogens is 1. The van der Waals surface area contributed by atoms with Crippen molar-refractivity contribution in [3.8, 4) is 11.5 Å². The number of aliphatic imine (C=N–C) groups is 1. The van der Waals surface area contributed by atoms with Crippen molar-refractivity contribution >= 4 is 47.8 Å². The van der Waals surface area contributed by atoms with Gasteiger partial charge in [0.2, 0.25) is 0 Å². The fourth-order valence-electron chi connectivity index (χ4n) is 3.88. The highest BCUT2D eigenvalue weighted by molar-refractivity contribution is 14.2. The van der Waals surface area contributed by atoms with Gasteiger partial charge in [-0.2, -0.15) is 0 Å². The minimum Gasteiger partial charge on any atom is -0.490 e. The summed E-state index contributed by atoms with van der Waals surface area (Å²) in [5, 5.41) is 3.12. The zero-order valence-corrected chi connectivity index (χ0v) is 23.6. The molecule has 3 heterocycles. The summed E-state index contributed by atoms with van der Waals surface area (Å²) in [4.78, 5) is 9.11. The first-order valence-corrected chi connectivity index (χ1v) is 14.8. The van der Waals surface area contributed by atoms with Crippen molar-refractivity contribution in [1.29, 1.82) is 0 Å². The minimum absolute atomic E-state index is 0.375. The van der Waals surface area contributed by atoms with Gasteiger partial charge >= 0.3 is 0 Å². The molecule has 0 aliphatic carbocycles. The number of nitrogens with one attached hydrogen (secondary N) is 1. The maximum atomic E-state index is 6.14. The second kappa shape index (κ2) is 12.5. The van der Waals surface area contributed by atoms with Crippen LogP contribution < -0.4 is 14.8 Å². The van der Waals surface area contributed by atoms with E-state index in [0.717, 1.165) is 39.2 Å². The molecule has 0 saturated heterocycles. The molecular weight excluding hydrogens is 587 g/mol. The van der Waals surface area contributed by atoms with Gasteiger partial charge in [-0.25, -0.2) is 0 Å². The first-order valence-electron chi connectivity index (χ1n) is 11.5. The van der Waals surface area contributed by atoms with E-state index in [1.54, 1.807) is 27.6 Å². The van der Waals surface area contributed by atoms with E-state index < -0.39 is 0 Å². The number of halogens is 1. The molecule has 2 aliphatic heterocycles. The predicted octanol–water partition coefficient (Wildman–Crippen LogP) is 5.95. The average molecular weight is 617 g/mol. The standard InChI is InChI=1S/C27H29IN4O3S/c1-5-22-11-21-10-20(7-6-18(21)2)25-15-32(36-28)27(31-17-29-4)26(25)19(3)16-35-24-12-23(13-30-14-24)34-9-8-33-22/h5-7,10-15,29H,1,8-9,16-17H2,2-4H3/b22-11+,26-19+,31-27?. The van der Waals surface area contributed by atoms with E-state index in [2.05, 4.69) is 80.6 Å². The Morgan fingerprint density at radius 3 is 2.69 bits per heavy atom. The smallest absolute Gasteiger partial charge is 0.147 e. The van der Waals surface area contributed by atoms with Crippen LogP contribution in [0.2, 0.25) is 0 Å². The Kier molecular flexibility index (Phi) is 9.11. The van der Waals surface area contributed by atoms with Crippen molar-refractivity contribution in [3.05, 3.63) is 89.1 Å². The fraction of sp³-hybridized carbons (Fsp3) is 0.259. The Bertz CT molecular complexity index is 1260. The average Bonchev–Trinajstić information content (AvgIpc) is 3.27. The maximum Gasteiger partial charge on any atom is 0.147 e. The number of pyridine rings is 1. The normalized spacial score (nSPS) is 20.8. The molecule has 0 amide bonds. The van der Waals surface area contributed by atoms with Gasteiger partial charge in [0.25, 0.3) is 0 Å². The molecule has 9 heteroatoms. The molecule has 188 valence electrons. The molecule has 0 unspecified atom stereocenters. The van der Waals surface area contributed by atoms with Gasteiger partial charge in [-0.15, -0.1) is 0 Å². The lowest BCUT2D eigenvalue weighted by atomic mass is 9.93. The number of ether oxygens (including phenoxy) is 3. The van der Waals surface area contributed by atoms with E-state index in [4.69, 9.17) is 19.2 Å². The summed E-state index contributed by atoms with van der Waals surface area (Å²) in [5.41, 5.74) is 6.50. The zero-order chi connectivity index (χ0) is 25.5. The number of amidine groups is 1. The Morgan fingerprint density at radius 1 is 1.17 bits per heavy atom. The van der Waals surface area contributed by atoms with Crippen LogP contribution in [-0.4, -0.2) is 48.7 Å². The van der Waals surface area contributed by atoms with Crippen molar-refractivity contribution in [2.45, 2.75) is 13.8 Å². The molecule has 1 N–H and O–H groups in total. The van der Waals surface area contributed by atoms with Crippen molar-refractivity contribution in [1.82, 2.24) is 14.6 Å². The topological polar surface area (TPSA) is 68.2 Å². The molecular formula is C27H29IN4O3S. The number of hydrogen-bond acceptors (Lipinski definition) is 7. The molecule has 7 nitrogen and oxygen atoms in total. The zero-order valence-electron chi connectivity index (χ0n) is 20.6. The van der Waals surface area contributed by atoms with Crippen molar-refractivity contribution in [2.75, 3.05) is 33.5 Å². The molecule has 36 heavy (non-hydrogen) atoms. The second-order valence-electron chi connectivity index (χ2n) is 8.25. The number of rotatable bonds is 4. The van der Waals surface area contributed by atoms with Crippen LogP contribution >= 0.6 is 30.3 Å². The van der Waals surface area contributed by atoms with Gasteiger partial charge in [-0.3, -0.25) is 14.3 Å². The Labute approximate surface area is 228 Å². The summed E-state index contributed by atoms with van der Waals surface area (Å²) in [5.74, 6) is 2.84. The van der Waals surface area contributed by atoms with Crippen molar-refractivity contribution < 1.29 is 14.2 Å². The van der Waals surface area contributed by atoms with Gasteiger partial charge in [-0.05, 0) is 61.4 Å². The van der Waals surface area contributed by atoms with Crippen LogP contribution in [0.3, 0.4) is 0 Å². The van der Waals surface area contributed by atoms with Crippen LogP contribution in [-0.2, 0) is 4.74 Å². The highest BCUT2D eigenvalue weighted by Crippen LogP contribution is 2.40. The minimum atomic E-state index is 0.375. The highest BCUT2D eigenvalue weighted by atomic mass is 127. The lowest BCUT2D eigenvalue weighted by Crippen LogP contribution is -2.19. The predicted molar refractivity (Wildman–Crippen MR) is 156 cm³/mol. The van der Waals surface area contributed by atoms with Crippen LogP contribution in [0.4, 0.5) is 0 Å². The van der Waals surface area contributed by atoms with Crippen molar-refractivity contribution in [2.24, 2.45) is 4.99 Å². The highest BCUT2D eigenvalue weighted by Gasteiger charge is 2.29. The first kappa shape index (κ1) is 26.3. The fourth-order valence-corrected chi connectivity index (χ4v) is 5.14. The number of fused-ring (bicyclic) bond motifs is 6. The molecule has 0 spiro atoms. The van der Waals surface area contributed by atoms with Crippen LogP contribution in [0, 0.1) is 6.92 Å². The monoisotopic (exact) mass is 616 g/mol. The molecule has 0 atom stereocenters. The van der Waals surface area contributed by atoms with Crippen LogP contribution in [0.5, 0.6) is 11.5 Å². The molecule has 2 aliphatic rings. The number of benzene rings is 1. The molecule has 4 bridgehead atoms. The quantitative estimate of drug-likeness (QED) is 0.337. The van der Waals surface area contributed by atoms with Gasteiger partial charge in [0.1, 0.15) is 42.9 Å². The maximum absolute atomic E-state index is 6.14. The first-order chi connectivity index (χ1) is 17.5. The third-order valence-corrected chi connectivity index (χ3v) is 7.39. The Hall–Kier alpha value is -2.76. The van der Waals surface area contributed by atoms with Gasteiger partial charge in [-0.1, -0.05) is 18.7 Å². The summed E-state index contributed by atoms with van der Waals surface area (Å²) in [6, 6.07) is 8.30. The third-order valence-electron chi connectivity index (χ3n) is 5.69. The van der Waals surface area contributed by atoms with Crippen LogP contribution in [0.25, 0.3) is 11.6 Å². The lowest BCUT2D eigenvalue weighted by Gasteiger charge is -2.16. The molecule has 4 rings (SSSR count). The van der Waals surface area contributed by atoms with Crippen LogP contribution in [0.1, 0.15) is 23.6 Å². The Balaban J connectivity index is 1.86. The second-order valence-corrected chi connectivity index (χ2v) is 9.96. The van der Waals surface area contributed by atoms with E-state index in [1.165, 1.54) is 0 Å². The molecule has 0 saturated carbocycles. The van der Waals surface area contributed by atoms with Gasteiger partial charge in [0, 0.05) is 53.7 Å². The third kappa shape index (κ3) is 6.13. The molecule has 2 aromatic rings. The van der Waals surface area contributed by atoms with E-state index in [-0.39, 0.29) is 0 Å². The molecule has 0 fully saturated rings. The van der Waals surface area contributed by atoms with E-state index in [0.29, 0.717) is 43.7 Å². The molecule has 1 aromatic carbocycles. The Morgan fingerprint density at radius 2 is 1.94 bits per heavy atom. The number of nitrogens with zero attached hydrogens (tertiary/aromatic N) is 3. The SMILES string of the molecule is C=C/C1=C\c2cc(ccc2C)C2=CN(SI)C(=NCNC)/C2=C(\C)COc2cncc(c2)OCCO1. The number of allylic oxidation sites excluding steroid dienone is 1. The van der Waals surface area contributed by atoms with Crippen molar-refractivity contribution in [3.63, 3.8) is 0 Å². The lowest BCUT2D eigenvalue weighted by molar-refractivity contribution is 0.165. The van der Waals surface area contributed by atoms with Crippen LogP contribution in [0.15, 0.2) is 77.4 Å². The largest absolute Gasteiger partial charge is 0.490 e. The summed E-state index contributed by atoms with van der Waals surface area (Å²) in [6.45, 7) is 9.75. The van der Waals surface area contributed by atoms with E-state index in [9.17, 15) is 0 Å². The summed E-state index contributed by atoms with van der Waals surface area (Å²) in [7, 11) is 3.47.